The normalized spacial score (nSPS) is 37.6. The third-order valence-electron chi connectivity index (χ3n) is 3.52. The van der Waals surface area contributed by atoms with Crippen LogP contribution in [0.5, 0.6) is 0 Å². The van der Waals surface area contributed by atoms with E-state index < -0.39 is 0 Å². The lowest BCUT2D eigenvalue weighted by Gasteiger charge is -2.27. The predicted molar refractivity (Wildman–Crippen MR) is 55.8 cm³/mol. The van der Waals surface area contributed by atoms with E-state index in [1.807, 2.05) is 0 Å². The van der Waals surface area contributed by atoms with Crippen molar-refractivity contribution in [1.29, 1.82) is 0 Å². The molecule has 0 aromatic carbocycles. The Labute approximate surface area is 81.5 Å². The van der Waals surface area contributed by atoms with Crippen LogP contribution in [0.4, 0.5) is 0 Å². The first kappa shape index (κ1) is 9.47. The van der Waals surface area contributed by atoms with Gasteiger partial charge in [-0.05, 0) is 45.2 Å². The Morgan fingerprint density at radius 3 is 2.46 bits per heavy atom. The molecule has 1 saturated carbocycles. The highest BCUT2D eigenvalue weighted by atomic mass is 15.1. The SMILES string of the molecule is CCCC(C)(C)N[C@H]1[C@@H]2CNC[C@@H]21. The molecule has 2 fully saturated rings. The Morgan fingerprint density at radius 2 is 1.92 bits per heavy atom. The second-order valence-electron chi connectivity index (χ2n) is 5.29. The molecule has 0 unspecified atom stereocenters. The molecule has 0 aromatic rings. The molecule has 0 bridgehead atoms. The summed E-state index contributed by atoms with van der Waals surface area (Å²) in [6.45, 7) is 9.41. The molecule has 1 heterocycles. The largest absolute Gasteiger partial charge is 0.316 e. The zero-order valence-electron chi connectivity index (χ0n) is 9.06. The van der Waals surface area contributed by atoms with Crippen LogP contribution in [-0.4, -0.2) is 24.7 Å². The summed E-state index contributed by atoms with van der Waals surface area (Å²) in [4.78, 5) is 0. The maximum atomic E-state index is 3.79. The second kappa shape index (κ2) is 3.25. The van der Waals surface area contributed by atoms with Crippen LogP contribution >= 0.6 is 0 Å². The van der Waals surface area contributed by atoms with E-state index in [2.05, 4.69) is 31.4 Å². The van der Waals surface area contributed by atoms with Crippen molar-refractivity contribution in [3.8, 4) is 0 Å². The number of nitrogens with one attached hydrogen (secondary N) is 2. The Morgan fingerprint density at radius 1 is 1.31 bits per heavy atom. The highest BCUT2D eigenvalue weighted by molar-refractivity contribution is 5.10. The molecule has 1 saturated heterocycles. The summed E-state index contributed by atoms with van der Waals surface area (Å²) < 4.78 is 0. The smallest absolute Gasteiger partial charge is 0.0160 e. The van der Waals surface area contributed by atoms with Crippen molar-refractivity contribution in [3.63, 3.8) is 0 Å². The van der Waals surface area contributed by atoms with Crippen molar-refractivity contribution in [3.05, 3.63) is 0 Å². The first-order chi connectivity index (χ1) is 6.14. The van der Waals surface area contributed by atoms with Gasteiger partial charge in [0.25, 0.3) is 0 Å². The van der Waals surface area contributed by atoms with E-state index in [1.54, 1.807) is 0 Å². The van der Waals surface area contributed by atoms with E-state index in [4.69, 9.17) is 0 Å². The fourth-order valence-electron chi connectivity index (χ4n) is 2.78. The van der Waals surface area contributed by atoms with Crippen LogP contribution in [-0.2, 0) is 0 Å². The summed E-state index contributed by atoms with van der Waals surface area (Å²) in [5.41, 5.74) is 0.351. The molecule has 0 aromatic heterocycles. The van der Waals surface area contributed by atoms with Gasteiger partial charge in [0, 0.05) is 11.6 Å². The molecule has 3 atom stereocenters. The first-order valence-corrected chi connectivity index (χ1v) is 5.62. The Bertz CT molecular complexity index is 179. The molecule has 13 heavy (non-hydrogen) atoms. The Hall–Kier alpha value is -0.0800. The molecular formula is C11H22N2. The van der Waals surface area contributed by atoms with Crippen LogP contribution in [0.3, 0.4) is 0 Å². The van der Waals surface area contributed by atoms with E-state index in [0.717, 1.165) is 17.9 Å². The van der Waals surface area contributed by atoms with Crippen molar-refractivity contribution in [2.75, 3.05) is 13.1 Å². The van der Waals surface area contributed by atoms with Crippen LogP contribution in [0.1, 0.15) is 33.6 Å². The first-order valence-electron chi connectivity index (χ1n) is 5.62. The molecule has 0 amide bonds. The van der Waals surface area contributed by atoms with Gasteiger partial charge in [-0.2, -0.15) is 0 Å². The second-order valence-corrected chi connectivity index (χ2v) is 5.29. The van der Waals surface area contributed by atoms with Crippen molar-refractivity contribution < 1.29 is 0 Å². The fraction of sp³-hybridized carbons (Fsp3) is 1.00. The highest BCUT2D eigenvalue weighted by Gasteiger charge is 2.53. The zero-order valence-corrected chi connectivity index (χ0v) is 9.06. The molecule has 2 N–H and O–H groups in total. The van der Waals surface area contributed by atoms with Crippen molar-refractivity contribution in [1.82, 2.24) is 10.6 Å². The van der Waals surface area contributed by atoms with E-state index in [-0.39, 0.29) is 0 Å². The fourth-order valence-corrected chi connectivity index (χ4v) is 2.78. The number of rotatable bonds is 4. The highest BCUT2D eigenvalue weighted by Crippen LogP contribution is 2.42. The maximum Gasteiger partial charge on any atom is 0.0160 e. The lowest BCUT2D eigenvalue weighted by molar-refractivity contribution is 0.337. The van der Waals surface area contributed by atoms with Crippen molar-refractivity contribution in [2.45, 2.75) is 45.2 Å². The van der Waals surface area contributed by atoms with Gasteiger partial charge < -0.3 is 10.6 Å². The summed E-state index contributed by atoms with van der Waals surface area (Å²) >= 11 is 0. The molecule has 76 valence electrons. The Kier molecular flexibility index (Phi) is 2.37. The molecule has 0 radical (unpaired) electrons. The quantitative estimate of drug-likeness (QED) is 0.686. The van der Waals surface area contributed by atoms with E-state index >= 15 is 0 Å². The Balaban J connectivity index is 1.79. The minimum Gasteiger partial charge on any atom is -0.316 e. The van der Waals surface area contributed by atoms with Crippen LogP contribution in [0, 0.1) is 11.8 Å². The van der Waals surface area contributed by atoms with E-state index in [9.17, 15) is 0 Å². The van der Waals surface area contributed by atoms with E-state index in [1.165, 1.54) is 25.9 Å². The monoisotopic (exact) mass is 182 g/mol. The third kappa shape index (κ3) is 1.89. The summed E-state index contributed by atoms with van der Waals surface area (Å²) in [7, 11) is 0. The van der Waals surface area contributed by atoms with Gasteiger partial charge in [0.05, 0.1) is 0 Å². The van der Waals surface area contributed by atoms with Crippen LogP contribution in [0.2, 0.25) is 0 Å². The summed E-state index contributed by atoms with van der Waals surface area (Å²) in [5, 5.41) is 7.22. The zero-order chi connectivity index (χ0) is 9.47. The minimum absolute atomic E-state index is 0.351. The van der Waals surface area contributed by atoms with Gasteiger partial charge in [-0.25, -0.2) is 0 Å². The van der Waals surface area contributed by atoms with Gasteiger partial charge in [0.2, 0.25) is 0 Å². The molecule has 2 nitrogen and oxygen atoms in total. The summed E-state index contributed by atoms with van der Waals surface area (Å²) in [6.07, 6.45) is 2.57. The standard InChI is InChI=1S/C11H22N2/c1-4-5-11(2,3)13-10-8-6-12-7-9(8)10/h8-10,12-13H,4-7H2,1-3H3/t8-,9+,10+. The van der Waals surface area contributed by atoms with Gasteiger partial charge in [0.15, 0.2) is 0 Å². The molecule has 2 heteroatoms. The average Bonchev–Trinajstić information content (AvgIpc) is 2.51. The van der Waals surface area contributed by atoms with Crippen molar-refractivity contribution in [2.24, 2.45) is 11.8 Å². The summed E-state index contributed by atoms with van der Waals surface area (Å²) in [5.74, 6) is 1.88. The molecule has 1 aliphatic carbocycles. The molecule has 2 rings (SSSR count). The number of hydrogen-bond acceptors (Lipinski definition) is 2. The van der Waals surface area contributed by atoms with Gasteiger partial charge >= 0.3 is 0 Å². The lowest BCUT2D eigenvalue weighted by atomic mass is 9.98. The van der Waals surface area contributed by atoms with Gasteiger partial charge in [-0.1, -0.05) is 13.3 Å². The van der Waals surface area contributed by atoms with Crippen molar-refractivity contribution >= 4 is 0 Å². The molecule has 2 aliphatic rings. The van der Waals surface area contributed by atoms with Crippen LogP contribution < -0.4 is 10.6 Å². The van der Waals surface area contributed by atoms with Gasteiger partial charge in [-0.3, -0.25) is 0 Å². The lowest BCUT2D eigenvalue weighted by Crippen LogP contribution is -2.43. The number of fused-ring (bicyclic) bond motifs is 1. The van der Waals surface area contributed by atoms with E-state index in [0.29, 0.717) is 5.54 Å². The number of piperidine rings is 1. The topological polar surface area (TPSA) is 24.1 Å². The molecular weight excluding hydrogens is 160 g/mol. The molecule has 0 spiro atoms. The van der Waals surface area contributed by atoms with Gasteiger partial charge in [-0.15, -0.1) is 0 Å². The maximum absolute atomic E-state index is 3.79. The predicted octanol–water partition coefficient (Wildman–Crippen LogP) is 1.37. The summed E-state index contributed by atoms with van der Waals surface area (Å²) in [6, 6.07) is 0.822. The third-order valence-corrected chi connectivity index (χ3v) is 3.52. The molecule has 1 aliphatic heterocycles. The van der Waals surface area contributed by atoms with Gasteiger partial charge in [0.1, 0.15) is 0 Å². The van der Waals surface area contributed by atoms with Crippen LogP contribution in [0.25, 0.3) is 0 Å². The average molecular weight is 182 g/mol. The van der Waals surface area contributed by atoms with Crippen LogP contribution in [0.15, 0.2) is 0 Å². The number of hydrogen-bond donors (Lipinski definition) is 2. The minimum atomic E-state index is 0.351.